The van der Waals surface area contributed by atoms with Crippen LogP contribution in [0, 0.1) is 0 Å². The van der Waals surface area contributed by atoms with Crippen LogP contribution in [0.4, 0.5) is 0 Å². The van der Waals surface area contributed by atoms with Crippen molar-refractivity contribution in [3.8, 4) is 5.88 Å². The van der Waals surface area contributed by atoms with Crippen LogP contribution in [-0.4, -0.2) is 40.0 Å². The van der Waals surface area contributed by atoms with Gasteiger partial charge in [-0.2, -0.15) is 0 Å². The molecule has 0 spiro atoms. The Morgan fingerprint density at radius 1 is 1.62 bits per heavy atom. The number of hydrogen-bond donors (Lipinski definition) is 0. The standard InChI is InChI=1S/C11H15N3O2/c1-2-11(15)14-6-3-9(8-14)16-10-7-12-4-5-13-10/h4-5,7,9H,2-3,6,8H2,1H3. The second-order valence-electron chi connectivity index (χ2n) is 3.77. The van der Waals surface area contributed by atoms with Gasteiger partial charge in [-0.05, 0) is 0 Å². The van der Waals surface area contributed by atoms with Gasteiger partial charge in [0.1, 0.15) is 6.10 Å². The fraction of sp³-hybridized carbons (Fsp3) is 0.545. The summed E-state index contributed by atoms with van der Waals surface area (Å²) in [6.07, 6.45) is 6.25. The summed E-state index contributed by atoms with van der Waals surface area (Å²) >= 11 is 0. The predicted octanol–water partition coefficient (Wildman–Crippen LogP) is 0.866. The summed E-state index contributed by atoms with van der Waals surface area (Å²) < 4.78 is 5.63. The van der Waals surface area contributed by atoms with Gasteiger partial charge in [-0.25, -0.2) is 4.98 Å². The highest BCUT2D eigenvalue weighted by Gasteiger charge is 2.26. The van der Waals surface area contributed by atoms with E-state index < -0.39 is 0 Å². The number of carbonyl (C=O) groups is 1. The van der Waals surface area contributed by atoms with Crippen LogP contribution >= 0.6 is 0 Å². The Balaban J connectivity index is 1.88. The van der Waals surface area contributed by atoms with Gasteiger partial charge < -0.3 is 9.64 Å². The fourth-order valence-corrected chi connectivity index (χ4v) is 1.79. The van der Waals surface area contributed by atoms with Gasteiger partial charge in [-0.3, -0.25) is 9.78 Å². The Kier molecular flexibility index (Phi) is 3.34. The molecular weight excluding hydrogens is 206 g/mol. The van der Waals surface area contributed by atoms with Gasteiger partial charge in [0.25, 0.3) is 0 Å². The molecule has 86 valence electrons. The van der Waals surface area contributed by atoms with E-state index in [4.69, 9.17) is 4.74 Å². The number of aromatic nitrogens is 2. The third kappa shape index (κ3) is 2.48. The summed E-state index contributed by atoms with van der Waals surface area (Å²) in [4.78, 5) is 21.3. The van der Waals surface area contributed by atoms with Gasteiger partial charge in [-0.1, -0.05) is 6.92 Å². The minimum Gasteiger partial charge on any atom is -0.471 e. The van der Waals surface area contributed by atoms with E-state index >= 15 is 0 Å². The van der Waals surface area contributed by atoms with Gasteiger partial charge in [0.2, 0.25) is 11.8 Å². The number of nitrogens with zero attached hydrogens (tertiary/aromatic N) is 3. The lowest BCUT2D eigenvalue weighted by Gasteiger charge is -2.15. The van der Waals surface area contributed by atoms with E-state index in [1.807, 2.05) is 11.8 Å². The molecule has 1 amide bonds. The quantitative estimate of drug-likeness (QED) is 0.759. The van der Waals surface area contributed by atoms with E-state index in [0.717, 1.165) is 13.0 Å². The zero-order valence-corrected chi connectivity index (χ0v) is 9.30. The minimum atomic E-state index is 0.0483. The first-order valence-electron chi connectivity index (χ1n) is 5.50. The third-order valence-electron chi connectivity index (χ3n) is 2.63. The van der Waals surface area contributed by atoms with Crippen molar-refractivity contribution in [2.24, 2.45) is 0 Å². The number of amides is 1. The molecule has 0 aliphatic carbocycles. The molecule has 1 aliphatic rings. The molecule has 0 radical (unpaired) electrons. The Labute approximate surface area is 94.5 Å². The van der Waals surface area contributed by atoms with Crippen LogP contribution in [-0.2, 0) is 4.79 Å². The largest absolute Gasteiger partial charge is 0.471 e. The number of carbonyl (C=O) groups excluding carboxylic acids is 1. The van der Waals surface area contributed by atoms with Crippen LogP contribution in [0.1, 0.15) is 19.8 Å². The molecule has 16 heavy (non-hydrogen) atoms. The van der Waals surface area contributed by atoms with Crippen molar-refractivity contribution in [1.29, 1.82) is 0 Å². The molecular formula is C11H15N3O2. The summed E-state index contributed by atoms with van der Waals surface area (Å²) in [5.74, 6) is 0.712. The maximum atomic E-state index is 11.5. The van der Waals surface area contributed by atoms with Crippen molar-refractivity contribution in [1.82, 2.24) is 14.9 Å². The van der Waals surface area contributed by atoms with Crippen molar-refractivity contribution >= 4 is 5.91 Å². The SMILES string of the molecule is CCC(=O)N1CCC(Oc2cnccn2)C1. The van der Waals surface area contributed by atoms with Gasteiger partial charge >= 0.3 is 0 Å². The Hall–Kier alpha value is -1.65. The molecule has 0 aromatic carbocycles. The van der Waals surface area contributed by atoms with Crippen LogP contribution in [0.25, 0.3) is 0 Å². The number of hydrogen-bond acceptors (Lipinski definition) is 4. The summed E-state index contributed by atoms with van der Waals surface area (Å²) in [7, 11) is 0. The van der Waals surface area contributed by atoms with Gasteiger partial charge in [-0.15, -0.1) is 0 Å². The molecule has 1 fully saturated rings. The molecule has 5 heteroatoms. The van der Waals surface area contributed by atoms with Crippen molar-refractivity contribution < 1.29 is 9.53 Å². The second-order valence-corrected chi connectivity index (χ2v) is 3.77. The highest BCUT2D eigenvalue weighted by molar-refractivity contribution is 5.76. The first kappa shape index (κ1) is 10.9. The molecule has 2 heterocycles. The fourth-order valence-electron chi connectivity index (χ4n) is 1.79. The molecule has 5 nitrogen and oxygen atoms in total. The van der Waals surface area contributed by atoms with E-state index in [0.29, 0.717) is 18.8 Å². The molecule has 0 saturated carbocycles. The van der Waals surface area contributed by atoms with Gasteiger partial charge in [0, 0.05) is 31.8 Å². The van der Waals surface area contributed by atoms with Crippen molar-refractivity contribution in [2.45, 2.75) is 25.9 Å². The first-order valence-corrected chi connectivity index (χ1v) is 5.50. The maximum absolute atomic E-state index is 11.5. The summed E-state index contributed by atoms with van der Waals surface area (Å²) in [6.45, 7) is 3.31. The third-order valence-corrected chi connectivity index (χ3v) is 2.63. The average molecular weight is 221 g/mol. The van der Waals surface area contributed by atoms with E-state index in [1.54, 1.807) is 18.6 Å². The lowest BCUT2D eigenvalue weighted by atomic mass is 10.3. The molecule has 1 unspecified atom stereocenters. The topological polar surface area (TPSA) is 55.3 Å². The molecule has 1 aromatic rings. The molecule has 0 bridgehead atoms. The molecule has 1 saturated heterocycles. The summed E-state index contributed by atoms with van der Waals surface area (Å²) in [6, 6.07) is 0. The monoisotopic (exact) mass is 221 g/mol. The van der Waals surface area contributed by atoms with Crippen molar-refractivity contribution in [3.05, 3.63) is 18.6 Å². The zero-order chi connectivity index (χ0) is 11.4. The van der Waals surface area contributed by atoms with Gasteiger partial charge in [0.05, 0.1) is 12.7 Å². The molecule has 1 aromatic heterocycles. The molecule has 1 atom stereocenters. The normalized spacial score (nSPS) is 19.8. The number of rotatable bonds is 3. The smallest absolute Gasteiger partial charge is 0.232 e. The average Bonchev–Trinajstić information content (AvgIpc) is 2.78. The van der Waals surface area contributed by atoms with E-state index in [2.05, 4.69) is 9.97 Å². The predicted molar refractivity (Wildman–Crippen MR) is 57.9 cm³/mol. The minimum absolute atomic E-state index is 0.0483. The maximum Gasteiger partial charge on any atom is 0.232 e. The van der Waals surface area contributed by atoms with Gasteiger partial charge in [0.15, 0.2) is 0 Å². The lowest BCUT2D eigenvalue weighted by Crippen LogP contribution is -2.30. The zero-order valence-electron chi connectivity index (χ0n) is 9.30. The summed E-state index contributed by atoms with van der Waals surface area (Å²) in [5, 5.41) is 0. The van der Waals surface area contributed by atoms with Crippen LogP contribution in [0.2, 0.25) is 0 Å². The molecule has 0 N–H and O–H groups in total. The van der Waals surface area contributed by atoms with Crippen LogP contribution in [0.3, 0.4) is 0 Å². The number of likely N-dealkylation sites (tertiary alicyclic amines) is 1. The number of ether oxygens (including phenoxy) is 1. The van der Waals surface area contributed by atoms with Crippen LogP contribution < -0.4 is 4.74 Å². The highest BCUT2D eigenvalue weighted by Crippen LogP contribution is 2.15. The van der Waals surface area contributed by atoms with Crippen LogP contribution in [0.15, 0.2) is 18.6 Å². The summed E-state index contributed by atoms with van der Waals surface area (Å²) in [5.41, 5.74) is 0. The van der Waals surface area contributed by atoms with E-state index in [1.165, 1.54) is 0 Å². The van der Waals surface area contributed by atoms with Crippen molar-refractivity contribution in [3.63, 3.8) is 0 Å². The highest BCUT2D eigenvalue weighted by atomic mass is 16.5. The molecule has 1 aliphatic heterocycles. The van der Waals surface area contributed by atoms with Crippen molar-refractivity contribution in [2.75, 3.05) is 13.1 Å². The molecule has 2 rings (SSSR count). The van der Waals surface area contributed by atoms with E-state index in [9.17, 15) is 4.79 Å². The van der Waals surface area contributed by atoms with E-state index in [-0.39, 0.29) is 12.0 Å². The lowest BCUT2D eigenvalue weighted by molar-refractivity contribution is -0.130. The Bertz CT molecular complexity index is 356. The Morgan fingerprint density at radius 3 is 3.19 bits per heavy atom. The Morgan fingerprint density at radius 2 is 2.50 bits per heavy atom. The first-order chi connectivity index (χ1) is 7.79. The van der Waals surface area contributed by atoms with Crippen LogP contribution in [0.5, 0.6) is 5.88 Å². The second kappa shape index (κ2) is 4.92.